The number of anilines is 3. The second-order valence-electron chi connectivity index (χ2n) is 3.55. The van der Waals surface area contributed by atoms with Gasteiger partial charge in [0.15, 0.2) is 11.6 Å². The van der Waals surface area contributed by atoms with E-state index < -0.39 is 17.5 Å². The number of halogens is 2. The fourth-order valence-corrected chi connectivity index (χ4v) is 1.33. The van der Waals surface area contributed by atoms with Gasteiger partial charge in [-0.3, -0.25) is 0 Å². The van der Waals surface area contributed by atoms with Gasteiger partial charge in [0.05, 0.1) is 5.69 Å². The molecule has 0 radical (unpaired) electrons. The van der Waals surface area contributed by atoms with Gasteiger partial charge in [-0.15, -0.1) is 0 Å². The number of hydrogen-bond acceptors (Lipinski definition) is 7. The van der Waals surface area contributed by atoms with Crippen molar-refractivity contribution in [1.29, 1.82) is 0 Å². The lowest BCUT2D eigenvalue weighted by Gasteiger charge is -2.07. The van der Waals surface area contributed by atoms with Crippen LogP contribution in [0.1, 0.15) is 5.82 Å². The second-order valence-corrected chi connectivity index (χ2v) is 3.55. The first kappa shape index (κ1) is 13.4. The molecule has 1 heterocycles. The number of nitrogens with one attached hydrogen (secondary N) is 1. The zero-order valence-corrected chi connectivity index (χ0v) is 9.88. The summed E-state index contributed by atoms with van der Waals surface area (Å²) in [5, 5.41) is 13.7. The van der Waals surface area contributed by atoms with Gasteiger partial charge in [0.25, 0.3) is 0 Å². The first-order chi connectivity index (χ1) is 9.51. The predicted octanol–water partition coefficient (Wildman–Crippen LogP) is 0.570. The molecule has 0 saturated carbocycles. The first-order valence-electron chi connectivity index (χ1n) is 5.21. The molecule has 0 unspecified atom stereocenters. The third-order valence-corrected chi connectivity index (χ3v) is 2.19. The Morgan fingerprint density at radius 3 is 2.70 bits per heavy atom. The highest BCUT2D eigenvalue weighted by Crippen LogP contribution is 2.19. The molecule has 0 aliphatic rings. The highest BCUT2D eigenvalue weighted by atomic mass is 19.2. The molecule has 104 valence electrons. The summed E-state index contributed by atoms with van der Waals surface area (Å²) in [5.74, 6) is -3.16. The second kappa shape index (κ2) is 5.30. The van der Waals surface area contributed by atoms with Crippen molar-refractivity contribution in [3.05, 3.63) is 35.7 Å². The van der Waals surface area contributed by atoms with Gasteiger partial charge in [0.2, 0.25) is 23.6 Å². The number of nitrogen functional groups attached to an aromatic ring is 1. The number of oxime groups is 1. The van der Waals surface area contributed by atoms with E-state index in [1.807, 2.05) is 0 Å². The maximum Gasteiger partial charge on any atom is 0.232 e. The number of amidine groups is 1. The molecule has 1 aromatic carbocycles. The van der Waals surface area contributed by atoms with E-state index in [-0.39, 0.29) is 23.4 Å². The Morgan fingerprint density at radius 2 is 2.00 bits per heavy atom. The van der Waals surface area contributed by atoms with Crippen LogP contribution in [0.2, 0.25) is 0 Å². The number of nitrogens with two attached hydrogens (primary N) is 2. The molecule has 0 spiro atoms. The summed E-state index contributed by atoms with van der Waals surface area (Å²) >= 11 is 0. The Kier molecular flexibility index (Phi) is 3.55. The minimum absolute atomic E-state index is 0.177. The lowest BCUT2D eigenvalue weighted by atomic mass is 10.3. The van der Waals surface area contributed by atoms with Crippen molar-refractivity contribution >= 4 is 23.4 Å². The Hall–Kier alpha value is -3.04. The van der Waals surface area contributed by atoms with Crippen molar-refractivity contribution in [1.82, 2.24) is 15.0 Å². The molecular weight excluding hydrogens is 272 g/mol. The van der Waals surface area contributed by atoms with Crippen molar-refractivity contribution in [2.45, 2.75) is 0 Å². The van der Waals surface area contributed by atoms with Gasteiger partial charge in [-0.05, 0) is 12.1 Å². The molecule has 0 aliphatic heterocycles. The molecule has 10 heteroatoms. The van der Waals surface area contributed by atoms with E-state index in [4.69, 9.17) is 16.7 Å². The van der Waals surface area contributed by atoms with E-state index in [1.54, 1.807) is 0 Å². The van der Waals surface area contributed by atoms with E-state index in [2.05, 4.69) is 25.4 Å². The predicted molar refractivity (Wildman–Crippen MR) is 66.4 cm³/mol. The molecule has 8 nitrogen and oxygen atoms in total. The Labute approximate surface area is 111 Å². The highest BCUT2D eigenvalue weighted by molar-refractivity contribution is 5.93. The van der Waals surface area contributed by atoms with Gasteiger partial charge in [-0.1, -0.05) is 11.2 Å². The van der Waals surface area contributed by atoms with Crippen molar-refractivity contribution in [2.75, 3.05) is 11.1 Å². The Balaban J connectivity index is 2.39. The minimum atomic E-state index is -1.10. The van der Waals surface area contributed by atoms with Crippen LogP contribution in [0.25, 0.3) is 0 Å². The average molecular weight is 281 g/mol. The Bertz CT molecular complexity index is 677. The zero-order chi connectivity index (χ0) is 14.7. The highest BCUT2D eigenvalue weighted by Gasteiger charge is 2.12. The zero-order valence-electron chi connectivity index (χ0n) is 9.88. The molecule has 1 aromatic heterocycles. The fraction of sp³-hybridized carbons (Fsp3) is 0. The standard InChI is InChI=1S/C10H9F2N7O/c11-4-2-1-3-5(6(4)12)15-10-17-8(7(13)19-20)16-9(14)18-10/h1-3,20H,(H2,13,19)(H3,14,15,16,17,18). The molecular formula is C10H9F2N7O. The van der Waals surface area contributed by atoms with E-state index >= 15 is 0 Å². The number of aromatic nitrogens is 3. The smallest absolute Gasteiger partial charge is 0.232 e. The maximum absolute atomic E-state index is 13.5. The summed E-state index contributed by atoms with van der Waals surface area (Å²) in [6.07, 6.45) is 0. The summed E-state index contributed by atoms with van der Waals surface area (Å²) in [7, 11) is 0. The van der Waals surface area contributed by atoms with Crippen molar-refractivity contribution < 1.29 is 14.0 Å². The number of benzene rings is 1. The molecule has 0 saturated heterocycles. The van der Waals surface area contributed by atoms with Crippen LogP contribution in [-0.4, -0.2) is 26.0 Å². The van der Waals surface area contributed by atoms with Crippen LogP contribution in [0.4, 0.5) is 26.4 Å². The fourth-order valence-electron chi connectivity index (χ4n) is 1.33. The van der Waals surface area contributed by atoms with Crippen molar-refractivity contribution in [2.24, 2.45) is 10.9 Å². The monoisotopic (exact) mass is 281 g/mol. The molecule has 2 rings (SSSR count). The van der Waals surface area contributed by atoms with E-state index in [0.717, 1.165) is 6.07 Å². The first-order valence-corrected chi connectivity index (χ1v) is 5.21. The molecule has 0 amide bonds. The summed E-state index contributed by atoms with van der Waals surface area (Å²) in [6, 6.07) is 3.54. The van der Waals surface area contributed by atoms with Gasteiger partial charge in [0, 0.05) is 0 Å². The number of hydrogen-bond donors (Lipinski definition) is 4. The normalized spacial score (nSPS) is 11.4. The SMILES string of the molecule is NC(=NO)c1nc(N)nc(Nc2cccc(F)c2F)n1. The van der Waals surface area contributed by atoms with Crippen LogP contribution < -0.4 is 16.8 Å². The number of rotatable bonds is 3. The molecule has 0 bridgehead atoms. The van der Waals surface area contributed by atoms with Gasteiger partial charge in [-0.25, -0.2) is 8.78 Å². The van der Waals surface area contributed by atoms with Crippen LogP contribution in [0.5, 0.6) is 0 Å². The van der Waals surface area contributed by atoms with E-state index in [1.165, 1.54) is 12.1 Å². The third-order valence-electron chi connectivity index (χ3n) is 2.19. The third kappa shape index (κ3) is 2.68. The molecule has 0 aliphatic carbocycles. The molecule has 6 N–H and O–H groups in total. The summed E-state index contributed by atoms with van der Waals surface area (Å²) in [5.41, 5.74) is 10.5. The number of nitrogens with zero attached hydrogens (tertiary/aromatic N) is 4. The van der Waals surface area contributed by atoms with Gasteiger partial charge >= 0.3 is 0 Å². The van der Waals surface area contributed by atoms with Gasteiger partial charge < -0.3 is 22.0 Å². The molecule has 20 heavy (non-hydrogen) atoms. The quantitative estimate of drug-likeness (QED) is 0.279. The minimum Gasteiger partial charge on any atom is -0.409 e. The van der Waals surface area contributed by atoms with E-state index in [0.29, 0.717) is 0 Å². The summed E-state index contributed by atoms with van der Waals surface area (Å²) in [4.78, 5) is 11.1. The molecule has 0 fully saturated rings. The van der Waals surface area contributed by atoms with Crippen LogP contribution >= 0.6 is 0 Å². The van der Waals surface area contributed by atoms with Crippen LogP contribution in [0.3, 0.4) is 0 Å². The van der Waals surface area contributed by atoms with Crippen molar-refractivity contribution in [3.63, 3.8) is 0 Å². The Morgan fingerprint density at radius 1 is 1.25 bits per heavy atom. The average Bonchev–Trinajstić information content (AvgIpc) is 2.42. The summed E-state index contributed by atoms with van der Waals surface area (Å²) < 4.78 is 26.5. The topological polar surface area (TPSA) is 135 Å². The van der Waals surface area contributed by atoms with Gasteiger partial charge in [-0.2, -0.15) is 15.0 Å². The van der Waals surface area contributed by atoms with Crippen LogP contribution in [0.15, 0.2) is 23.4 Å². The van der Waals surface area contributed by atoms with E-state index in [9.17, 15) is 8.78 Å². The molecule has 2 aromatic rings. The maximum atomic E-state index is 13.5. The van der Waals surface area contributed by atoms with Crippen LogP contribution in [-0.2, 0) is 0 Å². The van der Waals surface area contributed by atoms with Crippen LogP contribution in [0, 0.1) is 11.6 Å². The van der Waals surface area contributed by atoms with Gasteiger partial charge in [0.1, 0.15) is 0 Å². The summed E-state index contributed by atoms with van der Waals surface area (Å²) in [6.45, 7) is 0. The molecule has 0 atom stereocenters. The lowest BCUT2D eigenvalue weighted by molar-refractivity contribution is 0.318. The van der Waals surface area contributed by atoms with Crippen molar-refractivity contribution in [3.8, 4) is 0 Å². The lowest BCUT2D eigenvalue weighted by Crippen LogP contribution is -2.19. The largest absolute Gasteiger partial charge is 0.409 e.